The Balaban J connectivity index is 2.12. The topological polar surface area (TPSA) is 15.3 Å². The van der Waals surface area contributed by atoms with Crippen molar-refractivity contribution in [3.05, 3.63) is 51.2 Å². The van der Waals surface area contributed by atoms with Crippen molar-refractivity contribution in [1.29, 1.82) is 0 Å². The van der Waals surface area contributed by atoms with Crippen molar-refractivity contribution < 1.29 is 0 Å². The van der Waals surface area contributed by atoms with Gasteiger partial charge in [0.2, 0.25) is 0 Å². The second-order valence-corrected chi connectivity index (χ2v) is 6.35. The summed E-state index contributed by atoms with van der Waals surface area (Å²) in [4.78, 5) is 3.65. The van der Waals surface area contributed by atoms with Gasteiger partial charge in [0.1, 0.15) is 0 Å². The zero-order chi connectivity index (χ0) is 14.4. The minimum atomic E-state index is 0.798. The highest BCUT2D eigenvalue weighted by molar-refractivity contribution is 7.09. The van der Waals surface area contributed by atoms with Gasteiger partial charge in [0.05, 0.1) is 6.54 Å². The standard InChI is InChI=1S/C16H21ClN2S/c1-3-8-18-11-13-10-14(17)6-7-16(13)19(2)12-15-5-4-9-20-15/h4-7,9-10,18H,3,8,11-12H2,1-2H3. The molecule has 0 aliphatic heterocycles. The minimum absolute atomic E-state index is 0.798. The van der Waals surface area contributed by atoms with Gasteiger partial charge in [-0.1, -0.05) is 24.6 Å². The lowest BCUT2D eigenvalue weighted by Gasteiger charge is -2.22. The van der Waals surface area contributed by atoms with Crippen LogP contribution in [0.5, 0.6) is 0 Å². The van der Waals surface area contributed by atoms with Crippen LogP contribution in [0.4, 0.5) is 5.69 Å². The number of nitrogens with zero attached hydrogens (tertiary/aromatic N) is 1. The second kappa shape index (κ2) is 7.67. The Bertz CT molecular complexity index is 525. The molecule has 0 aliphatic rings. The van der Waals surface area contributed by atoms with Crippen LogP contribution in [0.1, 0.15) is 23.8 Å². The molecule has 1 N–H and O–H groups in total. The summed E-state index contributed by atoms with van der Waals surface area (Å²) in [5.74, 6) is 0. The van der Waals surface area contributed by atoms with E-state index in [9.17, 15) is 0 Å². The lowest BCUT2D eigenvalue weighted by Crippen LogP contribution is -2.20. The molecule has 0 bridgehead atoms. The number of benzene rings is 1. The summed E-state index contributed by atoms with van der Waals surface area (Å²) in [6.45, 7) is 4.99. The number of halogens is 1. The van der Waals surface area contributed by atoms with Crippen LogP contribution in [0.25, 0.3) is 0 Å². The third-order valence-electron chi connectivity index (χ3n) is 3.17. The van der Waals surface area contributed by atoms with E-state index in [1.165, 1.54) is 16.1 Å². The number of hydrogen-bond donors (Lipinski definition) is 1. The molecule has 0 amide bonds. The Labute approximate surface area is 130 Å². The van der Waals surface area contributed by atoms with Crippen molar-refractivity contribution in [1.82, 2.24) is 5.32 Å². The van der Waals surface area contributed by atoms with Crippen LogP contribution < -0.4 is 10.2 Å². The maximum absolute atomic E-state index is 6.13. The third kappa shape index (κ3) is 4.23. The molecule has 0 aliphatic carbocycles. The Morgan fingerprint density at radius 3 is 2.85 bits per heavy atom. The normalized spacial score (nSPS) is 10.8. The average Bonchev–Trinajstić information content (AvgIpc) is 2.92. The lowest BCUT2D eigenvalue weighted by molar-refractivity contribution is 0.674. The van der Waals surface area contributed by atoms with Gasteiger partial charge in [-0.2, -0.15) is 0 Å². The predicted molar refractivity (Wildman–Crippen MR) is 89.9 cm³/mol. The lowest BCUT2D eigenvalue weighted by atomic mass is 10.1. The summed E-state index contributed by atoms with van der Waals surface area (Å²) in [6, 6.07) is 10.4. The first-order valence-electron chi connectivity index (χ1n) is 6.93. The molecule has 20 heavy (non-hydrogen) atoms. The van der Waals surface area contributed by atoms with Gasteiger partial charge in [-0.05, 0) is 48.2 Å². The fraction of sp³-hybridized carbons (Fsp3) is 0.375. The highest BCUT2D eigenvalue weighted by Gasteiger charge is 2.09. The summed E-state index contributed by atoms with van der Waals surface area (Å²) >= 11 is 7.93. The fourth-order valence-electron chi connectivity index (χ4n) is 2.19. The Hall–Kier alpha value is -1.03. The maximum Gasteiger partial charge on any atom is 0.0519 e. The van der Waals surface area contributed by atoms with E-state index in [0.29, 0.717) is 0 Å². The van der Waals surface area contributed by atoms with Gasteiger partial charge in [-0.25, -0.2) is 0 Å². The molecule has 0 fully saturated rings. The van der Waals surface area contributed by atoms with Crippen molar-refractivity contribution in [3.63, 3.8) is 0 Å². The van der Waals surface area contributed by atoms with Crippen LogP contribution in [-0.2, 0) is 13.1 Å². The molecule has 0 spiro atoms. The third-order valence-corrected chi connectivity index (χ3v) is 4.26. The first kappa shape index (κ1) is 15.4. The Morgan fingerprint density at radius 1 is 1.30 bits per heavy atom. The molecular formula is C16H21ClN2S. The van der Waals surface area contributed by atoms with Crippen LogP contribution in [-0.4, -0.2) is 13.6 Å². The van der Waals surface area contributed by atoms with E-state index in [1.807, 2.05) is 6.07 Å². The Morgan fingerprint density at radius 2 is 2.15 bits per heavy atom. The Kier molecular flexibility index (Phi) is 5.89. The van der Waals surface area contributed by atoms with E-state index in [1.54, 1.807) is 11.3 Å². The molecular weight excluding hydrogens is 288 g/mol. The monoisotopic (exact) mass is 308 g/mol. The number of rotatable bonds is 7. The van der Waals surface area contributed by atoms with Crippen molar-refractivity contribution in [3.8, 4) is 0 Å². The van der Waals surface area contributed by atoms with Crippen molar-refractivity contribution in [2.24, 2.45) is 0 Å². The summed E-state index contributed by atoms with van der Waals surface area (Å²) in [6.07, 6.45) is 1.14. The van der Waals surface area contributed by atoms with Gasteiger partial charge in [0.15, 0.2) is 0 Å². The molecule has 2 rings (SSSR count). The zero-order valence-electron chi connectivity index (χ0n) is 12.0. The van der Waals surface area contributed by atoms with E-state index in [2.05, 4.69) is 53.8 Å². The smallest absolute Gasteiger partial charge is 0.0519 e. The molecule has 1 aromatic carbocycles. The van der Waals surface area contributed by atoms with Crippen LogP contribution in [0.15, 0.2) is 35.7 Å². The second-order valence-electron chi connectivity index (χ2n) is 4.89. The van der Waals surface area contributed by atoms with Gasteiger partial charge in [-0.15, -0.1) is 11.3 Å². The SMILES string of the molecule is CCCNCc1cc(Cl)ccc1N(C)Cc1cccs1. The van der Waals surface area contributed by atoms with Crippen LogP contribution in [0, 0.1) is 0 Å². The summed E-state index contributed by atoms with van der Waals surface area (Å²) in [5, 5.41) is 6.37. The van der Waals surface area contributed by atoms with Crippen LogP contribution in [0.3, 0.4) is 0 Å². The molecule has 0 atom stereocenters. The largest absolute Gasteiger partial charge is 0.369 e. The summed E-state index contributed by atoms with van der Waals surface area (Å²) in [5.41, 5.74) is 2.50. The summed E-state index contributed by atoms with van der Waals surface area (Å²) in [7, 11) is 2.13. The summed E-state index contributed by atoms with van der Waals surface area (Å²) < 4.78 is 0. The molecule has 0 saturated heterocycles. The van der Waals surface area contributed by atoms with Gasteiger partial charge in [-0.3, -0.25) is 0 Å². The van der Waals surface area contributed by atoms with Gasteiger partial charge >= 0.3 is 0 Å². The van der Waals surface area contributed by atoms with Crippen LogP contribution >= 0.6 is 22.9 Å². The highest BCUT2D eigenvalue weighted by atomic mass is 35.5. The number of hydrogen-bond acceptors (Lipinski definition) is 3. The molecule has 0 saturated carbocycles. The van der Waals surface area contributed by atoms with Gasteiger partial charge in [0.25, 0.3) is 0 Å². The number of nitrogens with one attached hydrogen (secondary N) is 1. The average molecular weight is 309 g/mol. The molecule has 0 radical (unpaired) electrons. The van der Waals surface area contributed by atoms with Crippen molar-refractivity contribution in [2.75, 3.05) is 18.5 Å². The molecule has 2 aromatic rings. The van der Waals surface area contributed by atoms with Crippen molar-refractivity contribution >= 4 is 28.6 Å². The van der Waals surface area contributed by atoms with E-state index in [4.69, 9.17) is 11.6 Å². The van der Waals surface area contributed by atoms with Crippen LogP contribution in [0.2, 0.25) is 5.02 Å². The van der Waals surface area contributed by atoms with E-state index >= 15 is 0 Å². The van der Waals surface area contributed by atoms with Gasteiger partial charge in [0, 0.05) is 29.2 Å². The molecule has 4 heteroatoms. The van der Waals surface area contributed by atoms with E-state index in [0.717, 1.165) is 31.1 Å². The van der Waals surface area contributed by atoms with E-state index < -0.39 is 0 Å². The number of thiophene rings is 1. The zero-order valence-corrected chi connectivity index (χ0v) is 13.6. The molecule has 1 aromatic heterocycles. The highest BCUT2D eigenvalue weighted by Crippen LogP contribution is 2.25. The van der Waals surface area contributed by atoms with Gasteiger partial charge < -0.3 is 10.2 Å². The maximum atomic E-state index is 6.13. The first-order chi connectivity index (χ1) is 9.70. The number of anilines is 1. The first-order valence-corrected chi connectivity index (χ1v) is 8.19. The minimum Gasteiger partial charge on any atom is -0.369 e. The molecule has 108 valence electrons. The fourth-order valence-corrected chi connectivity index (χ4v) is 3.14. The predicted octanol–water partition coefficient (Wildman–Crippen LogP) is 4.54. The van der Waals surface area contributed by atoms with Crippen molar-refractivity contribution in [2.45, 2.75) is 26.4 Å². The molecule has 2 nitrogen and oxygen atoms in total. The quantitative estimate of drug-likeness (QED) is 0.756. The van der Waals surface area contributed by atoms with E-state index in [-0.39, 0.29) is 0 Å². The molecule has 1 heterocycles. The molecule has 0 unspecified atom stereocenters.